The Hall–Kier alpha value is -0.470. The molecule has 20 heavy (non-hydrogen) atoms. The zero-order valence-electron chi connectivity index (χ0n) is 11.7. The zero-order valence-corrected chi connectivity index (χ0v) is 13.4. The maximum atomic E-state index is 11.8. The predicted octanol–water partition coefficient (Wildman–Crippen LogP) is 1.45. The lowest BCUT2D eigenvalue weighted by molar-refractivity contribution is 0.0179. The Morgan fingerprint density at radius 1 is 1.45 bits per heavy atom. The van der Waals surface area contributed by atoms with Gasteiger partial charge < -0.3 is 4.74 Å². The van der Waals surface area contributed by atoms with Crippen molar-refractivity contribution in [3.8, 4) is 0 Å². The molecule has 1 aromatic heterocycles. The van der Waals surface area contributed by atoms with Crippen LogP contribution in [-0.2, 0) is 14.8 Å². The monoisotopic (exact) mass is 318 g/mol. The van der Waals surface area contributed by atoms with Crippen LogP contribution in [-0.4, -0.2) is 51.9 Å². The Bertz CT molecular complexity index is 482. The molecule has 0 aliphatic carbocycles. The number of rotatable bonds is 7. The SMILES string of the molecule is CCCS(=O)(=O)NC[C@H](c1cccs1)N1CCOCC1. The summed E-state index contributed by atoms with van der Waals surface area (Å²) in [5.74, 6) is 0.188. The van der Waals surface area contributed by atoms with Gasteiger partial charge in [0.05, 0.1) is 25.0 Å². The minimum Gasteiger partial charge on any atom is -0.379 e. The van der Waals surface area contributed by atoms with Crippen LogP contribution in [0.1, 0.15) is 24.3 Å². The predicted molar refractivity (Wildman–Crippen MR) is 81.5 cm³/mol. The van der Waals surface area contributed by atoms with Crippen LogP contribution >= 0.6 is 11.3 Å². The van der Waals surface area contributed by atoms with Gasteiger partial charge in [-0.05, 0) is 17.9 Å². The number of sulfonamides is 1. The van der Waals surface area contributed by atoms with Gasteiger partial charge in [0, 0.05) is 24.5 Å². The molecular formula is C13H22N2O3S2. The highest BCUT2D eigenvalue weighted by atomic mass is 32.2. The molecule has 2 heterocycles. The van der Waals surface area contributed by atoms with E-state index in [1.807, 2.05) is 18.4 Å². The fraction of sp³-hybridized carbons (Fsp3) is 0.692. The topological polar surface area (TPSA) is 58.6 Å². The highest BCUT2D eigenvalue weighted by molar-refractivity contribution is 7.89. The molecule has 1 aliphatic heterocycles. The molecule has 0 aromatic carbocycles. The summed E-state index contributed by atoms with van der Waals surface area (Å²) in [6.07, 6.45) is 0.635. The molecule has 1 aromatic rings. The molecule has 0 radical (unpaired) electrons. The minimum absolute atomic E-state index is 0.102. The van der Waals surface area contributed by atoms with E-state index in [1.54, 1.807) is 11.3 Å². The van der Waals surface area contributed by atoms with Crippen molar-refractivity contribution in [2.24, 2.45) is 0 Å². The molecular weight excluding hydrogens is 296 g/mol. The van der Waals surface area contributed by atoms with Gasteiger partial charge in [0.1, 0.15) is 0 Å². The Kier molecular flexibility index (Phi) is 5.98. The Morgan fingerprint density at radius 3 is 2.80 bits per heavy atom. The maximum absolute atomic E-state index is 11.8. The Balaban J connectivity index is 2.03. The number of morpholine rings is 1. The van der Waals surface area contributed by atoms with Gasteiger partial charge in [0.15, 0.2) is 0 Å². The third kappa shape index (κ3) is 4.53. The van der Waals surface area contributed by atoms with Crippen LogP contribution in [0.2, 0.25) is 0 Å². The van der Waals surface area contributed by atoms with E-state index in [2.05, 4.69) is 15.7 Å². The molecule has 1 atom stereocenters. The fourth-order valence-corrected chi connectivity index (χ4v) is 4.28. The van der Waals surface area contributed by atoms with Gasteiger partial charge in [-0.25, -0.2) is 13.1 Å². The number of hydrogen-bond acceptors (Lipinski definition) is 5. The van der Waals surface area contributed by atoms with Gasteiger partial charge in [-0.1, -0.05) is 13.0 Å². The molecule has 0 unspecified atom stereocenters. The summed E-state index contributed by atoms with van der Waals surface area (Å²) < 4.78 is 31.8. The van der Waals surface area contributed by atoms with Crippen LogP contribution in [0.4, 0.5) is 0 Å². The zero-order chi connectivity index (χ0) is 14.4. The Morgan fingerprint density at radius 2 is 2.20 bits per heavy atom. The average molecular weight is 318 g/mol. The van der Waals surface area contributed by atoms with Gasteiger partial charge >= 0.3 is 0 Å². The molecule has 0 bridgehead atoms. The quantitative estimate of drug-likeness (QED) is 0.827. The molecule has 1 saturated heterocycles. The van der Waals surface area contributed by atoms with Crippen LogP contribution in [0.5, 0.6) is 0 Å². The lowest BCUT2D eigenvalue weighted by atomic mass is 10.2. The second kappa shape index (κ2) is 7.51. The molecule has 0 amide bonds. The number of thiophene rings is 1. The summed E-state index contributed by atoms with van der Waals surface area (Å²) in [5, 5.41) is 2.03. The van der Waals surface area contributed by atoms with Gasteiger partial charge in [-0.2, -0.15) is 0 Å². The Labute approximate surface area is 125 Å². The van der Waals surface area contributed by atoms with E-state index < -0.39 is 10.0 Å². The third-order valence-corrected chi connectivity index (χ3v) is 5.85. The molecule has 0 spiro atoms. The second-order valence-corrected chi connectivity index (χ2v) is 7.75. The van der Waals surface area contributed by atoms with E-state index in [1.165, 1.54) is 4.88 Å². The molecule has 1 N–H and O–H groups in total. The number of ether oxygens (including phenoxy) is 1. The van der Waals surface area contributed by atoms with Crippen LogP contribution in [0.3, 0.4) is 0 Å². The van der Waals surface area contributed by atoms with Crippen molar-refractivity contribution < 1.29 is 13.2 Å². The van der Waals surface area contributed by atoms with E-state index >= 15 is 0 Å². The van der Waals surface area contributed by atoms with Crippen molar-refractivity contribution in [3.63, 3.8) is 0 Å². The van der Waals surface area contributed by atoms with Gasteiger partial charge in [-0.15, -0.1) is 11.3 Å². The first kappa shape index (κ1) is 15.9. The number of hydrogen-bond donors (Lipinski definition) is 1. The van der Waals surface area contributed by atoms with Crippen molar-refractivity contribution in [2.45, 2.75) is 19.4 Å². The van der Waals surface area contributed by atoms with E-state index in [-0.39, 0.29) is 11.8 Å². The summed E-state index contributed by atoms with van der Waals surface area (Å²) in [7, 11) is -3.16. The van der Waals surface area contributed by atoms with Gasteiger partial charge in [0.25, 0.3) is 0 Å². The standard InChI is InChI=1S/C13H22N2O3S2/c1-2-10-20(16,17)14-11-12(13-4-3-9-19-13)15-5-7-18-8-6-15/h3-4,9,12,14H,2,5-8,10-11H2,1H3/t12-/m1/s1. The summed E-state index contributed by atoms with van der Waals surface area (Å²) in [5.41, 5.74) is 0. The van der Waals surface area contributed by atoms with Crippen molar-refractivity contribution in [1.29, 1.82) is 0 Å². The lowest BCUT2D eigenvalue weighted by Crippen LogP contribution is -2.43. The summed E-state index contributed by atoms with van der Waals surface area (Å²) in [6.45, 7) is 5.42. The first-order valence-corrected chi connectivity index (χ1v) is 9.48. The summed E-state index contributed by atoms with van der Waals surface area (Å²) in [6, 6.07) is 4.18. The highest BCUT2D eigenvalue weighted by Crippen LogP contribution is 2.25. The van der Waals surface area contributed by atoms with Crippen LogP contribution in [0.25, 0.3) is 0 Å². The molecule has 1 aliphatic rings. The van der Waals surface area contributed by atoms with Crippen molar-refractivity contribution >= 4 is 21.4 Å². The average Bonchev–Trinajstić information content (AvgIpc) is 2.94. The molecule has 2 rings (SSSR count). The first-order valence-electron chi connectivity index (χ1n) is 6.95. The summed E-state index contributed by atoms with van der Waals surface area (Å²) >= 11 is 1.67. The van der Waals surface area contributed by atoms with E-state index in [0.29, 0.717) is 26.2 Å². The molecule has 0 saturated carbocycles. The van der Waals surface area contributed by atoms with Gasteiger partial charge in [0.2, 0.25) is 10.0 Å². The van der Waals surface area contributed by atoms with Crippen LogP contribution in [0, 0.1) is 0 Å². The third-order valence-electron chi connectivity index (χ3n) is 3.33. The van der Waals surface area contributed by atoms with Crippen molar-refractivity contribution in [1.82, 2.24) is 9.62 Å². The largest absolute Gasteiger partial charge is 0.379 e. The molecule has 7 heteroatoms. The maximum Gasteiger partial charge on any atom is 0.211 e. The van der Waals surface area contributed by atoms with Crippen molar-refractivity contribution in [2.75, 3.05) is 38.6 Å². The smallest absolute Gasteiger partial charge is 0.211 e. The highest BCUT2D eigenvalue weighted by Gasteiger charge is 2.24. The fourth-order valence-electron chi connectivity index (χ4n) is 2.33. The molecule has 1 fully saturated rings. The lowest BCUT2D eigenvalue weighted by Gasteiger charge is -2.34. The first-order chi connectivity index (χ1) is 9.62. The van der Waals surface area contributed by atoms with E-state index in [9.17, 15) is 8.42 Å². The molecule has 5 nitrogen and oxygen atoms in total. The van der Waals surface area contributed by atoms with Crippen LogP contribution in [0.15, 0.2) is 17.5 Å². The van der Waals surface area contributed by atoms with Crippen LogP contribution < -0.4 is 4.72 Å². The van der Waals surface area contributed by atoms with E-state index in [0.717, 1.165) is 13.1 Å². The molecule has 114 valence electrons. The summed E-state index contributed by atoms with van der Waals surface area (Å²) in [4.78, 5) is 3.50. The number of nitrogens with zero attached hydrogens (tertiary/aromatic N) is 1. The normalized spacial score (nSPS) is 19.1. The second-order valence-electron chi connectivity index (χ2n) is 4.85. The van der Waals surface area contributed by atoms with Crippen molar-refractivity contribution in [3.05, 3.63) is 22.4 Å². The van der Waals surface area contributed by atoms with Gasteiger partial charge in [-0.3, -0.25) is 4.90 Å². The minimum atomic E-state index is -3.16. The number of nitrogens with one attached hydrogen (secondary N) is 1. The van der Waals surface area contributed by atoms with E-state index in [4.69, 9.17) is 4.74 Å².